The molecular weight excluding hydrogens is 238 g/mol. The summed E-state index contributed by atoms with van der Waals surface area (Å²) < 4.78 is 0. The van der Waals surface area contributed by atoms with E-state index >= 15 is 0 Å². The number of hydrogen-bond acceptors (Lipinski definition) is 5. The standard InChI is InChI=1S/C14H27N5/c1-12(2)19(5)11-7-6-9-15-13-8-10-16-14(17-13)18(3)4/h8,10,12H,6-7,9,11H2,1-5H3,(H,15,16,17). The van der Waals surface area contributed by atoms with Crippen molar-refractivity contribution in [1.82, 2.24) is 14.9 Å². The fraction of sp³-hybridized carbons (Fsp3) is 0.714. The fourth-order valence-corrected chi connectivity index (χ4v) is 1.62. The van der Waals surface area contributed by atoms with Gasteiger partial charge in [-0.3, -0.25) is 0 Å². The van der Waals surface area contributed by atoms with E-state index in [1.807, 2.05) is 25.1 Å². The summed E-state index contributed by atoms with van der Waals surface area (Å²) >= 11 is 0. The van der Waals surface area contributed by atoms with Crippen molar-refractivity contribution < 1.29 is 0 Å². The van der Waals surface area contributed by atoms with Crippen molar-refractivity contribution in [3.63, 3.8) is 0 Å². The zero-order chi connectivity index (χ0) is 14.3. The summed E-state index contributed by atoms with van der Waals surface area (Å²) in [5.41, 5.74) is 0. The number of anilines is 2. The van der Waals surface area contributed by atoms with Crippen LogP contribution in [-0.2, 0) is 0 Å². The Kier molecular flexibility index (Phi) is 6.56. The van der Waals surface area contributed by atoms with Crippen LogP contribution in [0.1, 0.15) is 26.7 Å². The lowest BCUT2D eigenvalue weighted by atomic mass is 10.2. The molecule has 1 rings (SSSR count). The first-order valence-electron chi connectivity index (χ1n) is 6.95. The van der Waals surface area contributed by atoms with Gasteiger partial charge in [-0.05, 0) is 46.3 Å². The zero-order valence-corrected chi connectivity index (χ0v) is 12.8. The van der Waals surface area contributed by atoms with Crippen molar-refractivity contribution in [2.45, 2.75) is 32.7 Å². The van der Waals surface area contributed by atoms with Gasteiger partial charge in [-0.2, -0.15) is 4.98 Å². The van der Waals surface area contributed by atoms with E-state index in [9.17, 15) is 0 Å². The molecule has 1 N–H and O–H groups in total. The van der Waals surface area contributed by atoms with Gasteiger partial charge in [-0.25, -0.2) is 4.98 Å². The van der Waals surface area contributed by atoms with Gasteiger partial charge in [0.25, 0.3) is 0 Å². The van der Waals surface area contributed by atoms with Gasteiger partial charge in [0.1, 0.15) is 5.82 Å². The summed E-state index contributed by atoms with van der Waals surface area (Å²) in [5, 5.41) is 3.35. The Labute approximate surface area is 117 Å². The van der Waals surface area contributed by atoms with Crippen LogP contribution in [0.15, 0.2) is 12.3 Å². The highest BCUT2D eigenvalue weighted by Gasteiger charge is 2.03. The first-order valence-corrected chi connectivity index (χ1v) is 6.95. The van der Waals surface area contributed by atoms with E-state index in [1.165, 1.54) is 6.42 Å². The van der Waals surface area contributed by atoms with E-state index < -0.39 is 0 Å². The molecule has 5 heteroatoms. The van der Waals surface area contributed by atoms with Crippen molar-refractivity contribution in [1.29, 1.82) is 0 Å². The Morgan fingerprint density at radius 1 is 1.21 bits per heavy atom. The van der Waals surface area contributed by atoms with E-state index in [2.05, 4.69) is 41.1 Å². The Morgan fingerprint density at radius 3 is 2.58 bits per heavy atom. The average molecular weight is 265 g/mol. The molecule has 0 aliphatic heterocycles. The largest absolute Gasteiger partial charge is 0.370 e. The minimum atomic E-state index is 0.623. The molecule has 0 bridgehead atoms. The van der Waals surface area contributed by atoms with Gasteiger partial charge >= 0.3 is 0 Å². The van der Waals surface area contributed by atoms with Gasteiger partial charge in [0.05, 0.1) is 0 Å². The second-order valence-electron chi connectivity index (χ2n) is 5.34. The summed E-state index contributed by atoms with van der Waals surface area (Å²) in [6, 6.07) is 2.53. The normalized spacial score (nSPS) is 11.1. The van der Waals surface area contributed by atoms with E-state index in [-0.39, 0.29) is 0 Å². The van der Waals surface area contributed by atoms with Crippen molar-refractivity contribution in [2.24, 2.45) is 0 Å². The Balaban J connectivity index is 2.24. The van der Waals surface area contributed by atoms with Gasteiger partial charge in [0.2, 0.25) is 5.95 Å². The monoisotopic (exact) mass is 265 g/mol. The van der Waals surface area contributed by atoms with Gasteiger partial charge in [-0.15, -0.1) is 0 Å². The molecule has 0 spiro atoms. The van der Waals surface area contributed by atoms with Crippen molar-refractivity contribution in [3.05, 3.63) is 12.3 Å². The first-order chi connectivity index (χ1) is 9.00. The molecule has 0 unspecified atom stereocenters. The zero-order valence-electron chi connectivity index (χ0n) is 12.8. The second kappa shape index (κ2) is 7.94. The number of rotatable bonds is 8. The summed E-state index contributed by atoms with van der Waals surface area (Å²) in [6.07, 6.45) is 4.14. The highest BCUT2D eigenvalue weighted by Crippen LogP contribution is 2.08. The maximum atomic E-state index is 4.43. The lowest BCUT2D eigenvalue weighted by molar-refractivity contribution is 0.269. The van der Waals surface area contributed by atoms with Crippen molar-refractivity contribution in [3.8, 4) is 0 Å². The van der Waals surface area contributed by atoms with Crippen molar-refractivity contribution >= 4 is 11.8 Å². The van der Waals surface area contributed by atoms with Crippen LogP contribution in [0.25, 0.3) is 0 Å². The topological polar surface area (TPSA) is 44.3 Å². The van der Waals surface area contributed by atoms with E-state index in [4.69, 9.17) is 0 Å². The minimum absolute atomic E-state index is 0.623. The minimum Gasteiger partial charge on any atom is -0.370 e. The SMILES string of the molecule is CC(C)N(C)CCCCNc1ccnc(N(C)C)n1. The number of nitrogens with one attached hydrogen (secondary N) is 1. The Bertz CT molecular complexity index is 365. The van der Waals surface area contributed by atoms with Crippen LogP contribution < -0.4 is 10.2 Å². The molecule has 108 valence electrons. The summed E-state index contributed by atoms with van der Waals surface area (Å²) in [7, 11) is 6.06. The molecule has 19 heavy (non-hydrogen) atoms. The van der Waals surface area contributed by atoms with Crippen molar-refractivity contribution in [2.75, 3.05) is 44.4 Å². The average Bonchev–Trinajstić information content (AvgIpc) is 2.38. The van der Waals surface area contributed by atoms with E-state index in [0.717, 1.165) is 31.3 Å². The Morgan fingerprint density at radius 2 is 1.95 bits per heavy atom. The third kappa shape index (κ3) is 5.87. The van der Waals surface area contributed by atoms with Crippen LogP contribution >= 0.6 is 0 Å². The molecule has 0 saturated heterocycles. The van der Waals surface area contributed by atoms with Crippen LogP contribution in [-0.4, -0.2) is 55.1 Å². The molecule has 1 aromatic rings. The molecule has 0 aliphatic rings. The summed E-state index contributed by atoms with van der Waals surface area (Å²) in [6.45, 7) is 6.55. The fourth-order valence-electron chi connectivity index (χ4n) is 1.62. The van der Waals surface area contributed by atoms with Gasteiger partial charge in [-0.1, -0.05) is 0 Å². The molecule has 0 fully saturated rings. The Hall–Kier alpha value is -1.36. The quantitative estimate of drug-likeness (QED) is 0.729. The third-order valence-electron chi connectivity index (χ3n) is 3.17. The summed E-state index contributed by atoms with van der Waals surface area (Å²) in [4.78, 5) is 12.9. The predicted molar refractivity (Wildman–Crippen MR) is 81.8 cm³/mol. The molecule has 0 amide bonds. The van der Waals surface area contributed by atoms with Crippen LogP contribution in [0.3, 0.4) is 0 Å². The molecule has 0 aromatic carbocycles. The smallest absolute Gasteiger partial charge is 0.226 e. The summed E-state index contributed by atoms with van der Waals surface area (Å²) in [5.74, 6) is 1.64. The highest BCUT2D eigenvalue weighted by molar-refractivity contribution is 5.40. The van der Waals surface area contributed by atoms with Crippen LogP contribution in [0.5, 0.6) is 0 Å². The maximum absolute atomic E-state index is 4.43. The van der Waals surface area contributed by atoms with Crippen LogP contribution in [0.2, 0.25) is 0 Å². The van der Waals surface area contributed by atoms with Gasteiger partial charge in [0.15, 0.2) is 0 Å². The molecule has 1 aromatic heterocycles. The van der Waals surface area contributed by atoms with E-state index in [1.54, 1.807) is 6.20 Å². The number of hydrogen-bond donors (Lipinski definition) is 1. The van der Waals surface area contributed by atoms with Gasteiger partial charge < -0.3 is 15.1 Å². The lowest BCUT2D eigenvalue weighted by Gasteiger charge is -2.20. The number of aromatic nitrogens is 2. The molecule has 0 saturated carbocycles. The second-order valence-corrected chi connectivity index (χ2v) is 5.34. The highest BCUT2D eigenvalue weighted by atomic mass is 15.2. The third-order valence-corrected chi connectivity index (χ3v) is 3.17. The van der Waals surface area contributed by atoms with Crippen LogP contribution in [0, 0.1) is 0 Å². The predicted octanol–water partition coefficient (Wildman–Crippen LogP) is 2.07. The molecule has 1 heterocycles. The molecule has 0 atom stereocenters. The first kappa shape index (κ1) is 15.7. The van der Waals surface area contributed by atoms with Gasteiger partial charge in [0, 0.05) is 32.9 Å². The van der Waals surface area contributed by atoms with Crippen LogP contribution in [0.4, 0.5) is 11.8 Å². The molecule has 0 aliphatic carbocycles. The number of nitrogens with zero attached hydrogens (tertiary/aromatic N) is 4. The van der Waals surface area contributed by atoms with E-state index in [0.29, 0.717) is 6.04 Å². The lowest BCUT2D eigenvalue weighted by Crippen LogP contribution is -2.27. The number of unbranched alkanes of at least 4 members (excludes halogenated alkanes) is 1. The maximum Gasteiger partial charge on any atom is 0.226 e. The molecule has 5 nitrogen and oxygen atoms in total. The molecule has 0 radical (unpaired) electrons. The molecular formula is C14H27N5.